The zero-order valence-electron chi connectivity index (χ0n) is 11.8. The number of carbonyl (C=O) groups is 1. The number of hydrogen-bond donors (Lipinski definition) is 1. The van der Waals surface area contributed by atoms with E-state index >= 15 is 0 Å². The highest BCUT2D eigenvalue weighted by Crippen LogP contribution is 2.25. The zero-order chi connectivity index (χ0) is 15.1. The Bertz CT molecular complexity index is 507. The highest BCUT2D eigenvalue weighted by molar-refractivity contribution is 6.30. The number of ether oxygens (including phenoxy) is 2. The molecule has 0 aliphatic carbocycles. The van der Waals surface area contributed by atoms with Crippen molar-refractivity contribution in [3.8, 4) is 5.75 Å². The number of halogens is 1. The number of aliphatic carboxylic acids is 1. The van der Waals surface area contributed by atoms with Crippen LogP contribution in [0.1, 0.15) is 31.2 Å². The van der Waals surface area contributed by atoms with Crippen molar-refractivity contribution >= 4 is 23.6 Å². The van der Waals surface area contributed by atoms with Gasteiger partial charge < -0.3 is 14.6 Å². The van der Waals surface area contributed by atoms with Crippen molar-refractivity contribution in [3.05, 3.63) is 34.9 Å². The van der Waals surface area contributed by atoms with Gasteiger partial charge in [-0.25, -0.2) is 4.79 Å². The molecule has 0 amide bonds. The molecule has 0 saturated carbocycles. The lowest BCUT2D eigenvalue weighted by molar-refractivity contribution is -0.131. The molecule has 1 aliphatic heterocycles. The Morgan fingerprint density at radius 2 is 2.38 bits per heavy atom. The fraction of sp³-hybridized carbons (Fsp3) is 0.438. The predicted molar refractivity (Wildman–Crippen MR) is 81.8 cm³/mol. The van der Waals surface area contributed by atoms with Gasteiger partial charge in [0.2, 0.25) is 0 Å². The largest absolute Gasteiger partial charge is 0.493 e. The van der Waals surface area contributed by atoms with Crippen LogP contribution >= 0.6 is 11.6 Å². The second-order valence-electron chi connectivity index (χ2n) is 4.98. The third-order valence-corrected chi connectivity index (χ3v) is 3.56. The van der Waals surface area contributed by atoms with Gasteiger partial charge in [-0.2, -0.15) is 0 Å². The van der Waals surface area contributed by atoms with E-state index in [9.17, 15) is 4.79 Å². The number of carboxylic acid groups (broad SMARTS) is 1. The Balaban J connectivity index is 1.87. The molecule has 1 fully saturated rings. The number of rotatable bonds is 7. The molecule has 5 heteroatoms. The summed E-state index contributed by atoms with van der Waals surface area (Å²) in [4.78, 5) is 10.6. The third-order valence-electron chi connectivity index (χ3n) is 3.33. The fourth-order valence-electron chi connectivity index (χ4n) is 2.31. The summed E-state index contributed by atoms with van der Waals surface area (Å²) in [7, 11) is 0. The van der Waals surface area contributed by atoms with E-state index in [1.807, 2.05) is 0 Å². The standard InChI is InChI=1S/C16H19ClO4/c17-13-6-7-15(12(11-13)5-8-16(18)19)21-10-2-4-14-3-1-9-20-14/h5-8,11,14H,1-4,9-10H2,(H,18,19). The third kappa shape index (κ3) is 5.40. The number of benzene rings is 1. The maximum atomic E-state index is 10.6. The summed E-state index contributed by atoms with van der Waals surface area (Å²) in [6.07, 6.45) is 7.11. The van der Waals surface area contributed by atoms with Gasteiger partial charge in [-0.1, -0.05) is 11.6 Å². The molecule has 0 aromatic heterocycles. The van der Waals surface area contributed by atoms with E-state index in [0.29, 0.717) is 29.0 Å². The molecule has 1 aliphatic rings. The molecule has 1 unspecified atom stereocenters. The van der Waals surface area contributed by atoms with Crippen molar-refractivity contribution in [3.63, 3.8) is 0 Å². The Labute approximate surface area is 129 Å². The van der Waals surface area contributed by atoms with Crippen LogP contribution in [0.2, 0.25) is 5.02 Å². The first kappa shape index (κ1) is 15.9. The van der Waals surface area contributed by atoms with Crippen LogP contribution in [0.5, 0.6) is 5.75 Å². The molecule has 1 heterocycles. The van der Waals surface area contributed by atoms with Crippen molar-refractivity contribution in [1.82, 2.24) is 0 Å². The molecular formula is C16H19ClO4. The second-order valence-corrected chi connectivity index (χ2v) is 5.42. The second kappa shape index (κ2) is 8.05. The van der Waals surface area contributed by atoms with Crippen LogP contribution in [0.3, 0.4) is 0 Å². The maximum absolute atomic E-state index is 10.6. The Morgan fingerprint density at radius 1 is 1.52 bits per heavy atom. The molecule has 4 nitrogen and oxygen atoms in total. The summed E-state index contributed by atoms with van der Waals surface area (Å²) in [5.74, 6) is -0.358. The highest BCUT2D eigenvalue weighted by atomic mass is 35.5. The van der Waals surface area contributed by atoms with Gasteiger partial charge in [-0.05, 0) is 50.0 Å². The average Bonchev–Trinajstić information content (AvgIpc) is 2.96. The van der Waals surface area contributed by atoms with Crippen molar-refractivity contribution in [2.45, 2.75) is 31.8 Å². The molecule has 1 aromatic rings. The van der Waals surface area contributed by atoms with Crippen LogP contribution < -0.4 is 4.74 Å². The van der Waals surface area contributed by atoms with Gasteiger partial charge >= 0.3 is 5.97 Å². The first-order chi connectivity index (χ1) is 10.1. The topological polar surface area (TPSA) is 55.8 Å². The quantitative estimate of drug-likeness (QED) is 0.615. The minimum atomic E-state index is -1.00. The maximum Gasteiger partial charge on any atom is 0.328 e. The summed E-state index contributed by atoms with van der Waals surface area (Å²) >= 11 is 5.93. The minimum absolute atomic E-state index is 0.366. The smallest absolute Gasteiger partial charge is 0.328 e. The number of carboxylic acids is 1. The van der Waals surface area contributed by atoms with Gasteiger partial charge in [-0.15, -0.1) is 0 Å². The van der Waals surface area contributed by atoms with Crippen molar-refractivity contribution in [2.75, 3.05) is 13.2 Å². The van der Waals surface area contributed by atoms with Gasteiger partial charge in [0.1, 0.15) is 5.75 Å². The Hall–Kier alpha value is -1.52. The lowest BCUT2D eigenvalue weighted by Gasteiger charge is -2.12. The van der Waals surface area contributed by atoms with Crippen LogP contribution in [0.15, 0.2) is 24.3 Å². The van der Waals surface area contributed by atoms with Crippen LogP contribution in [-0.2, 0) is 9.53 Å². The summed E-state index contributed by atoms with van der Waals surface area (Å²) in [5.41, 5.74) is 0.669. The van der Waals surface area contributed by atoms with E-state index < -0.39 is 5.97 Å². The highest BCUT2D eigenvalue weighted by Gasteiger charge is 2.14. The van der Waals surface area contributed by atoms with Gasteiger partial charge in [-0.3, -0.25) is 0 Å². The monoisotopic (exact) mass is 310 g/mol. The Morgan fingerprint density at radius 3 is 3.10 bits per heavy atom. The molecule has 0 spiro atoms. The van der Waals surface area contributed by atoms with Crippen molar-refractivity contribution in [2.24, 2.45) is 0 Å². The fourth-order valence-corrected chi connectivity index (χ4v) is 2.49. The summed E-state index contributed by atoms with van der Waals surface area (Å²) < 4.78 is 11.3. The van der Waals surface area contributed by atoms with Crippen molar-refractivity contribution in [1.29, 1.82) is 0 Å². The van der Waals surface area contributed by atoms with E-state index in [-0.39, 0.29) is 0 Å². The molecule has 2 rings (SSSR count). The summed E-state index contributed by atoms with van der Waals surface area (Å²) in [6, 6.07) is 5.18. The lowest BCUT2D eigenvalue weighted by Crippen LogP contribution is -2.08. The van der Waals surface area contributed by atoms with Crippen LogP contribution in [-0.4, -0.2) is 30.4 Å². The Kier molecular flexibility index (Phi) is 6.08. The van der Waals surface area contributed by atoms with Gasteiger partial charge in [0, 0.05) is 23.3 Å². The van der Waals surface area contributed by atoms with Crippen LogP contribution in [0, 0.1) is 0 Å². The van der Waals surface area contributed by atoms with E-state index in [0.717, 1.165) is 38.4 Å². The SMILES string of the molecule is O=C(O)C=Cc1cc(Cl)ccc1OCCCC1CCCO1. The van der Waals surface area contributed by atoms with Crippen LogP contribution in [0.25, 0.3) is 6.08 Å². The van der Waals surface area contributed by atoms with E-state index in [1.54, 1.807) is 18.2 Å². The van der Waals surface area contributed by atoms with E-state index in [2.05, 4.69) is 0 Å². The molecule has 0 radical (unpaired) electrons. The normalized spacial score (nSPS) is 18.2. The first-order valence-electron chi connectivity index (χ1n) is 7.10. The molecule has 1 saturated heterocycles. The van der Waals surface area contributed by atoms with E-state index in [1.165, 1.54) is 6.08 Å². The summed E-state index contributed by atoms with van der Waals surface area (Å²) in [6.45, 7) is 1.45. The molecule has 114 valence electrons. The molecule has 1 aromatic carbocycles. The van der Waals surface area contributed by atoms with Crippen LogP contribution in [0.4, 0.5) is 0 Å². The lowest BCUT2D eigenvalue weighted by atomic mass is 10.1. The molecule has 1 atom stereocenters. The first-order valence-corrected chi connectivity index (χ1v) is 7.48. The molecular weight excluding hydrogens is 292 g/mol. The zero-order valence-corrected chi connectivity index (χ0v) is 12.5. The van der Waals surface area contributed by atoms with Gasteiger partial charge in [0.15, 0.2) is 0 Å². The average molecular weight is 311 g/mol. The number of hydrogen-bond acceptors (Lipinski definition) is 3. The molecule has 21 heavy (non-hydrogen) atoms. The van der Waals surface area contributed by atoms with E-state index in [4.69, 9.17) is 26.2 Å². The van der Waals surface area contributed by atoms with Gasteiger partial charge in [0.05, 0.1) is 12.7 Å². The molecule has 0 bridgehead atoms. The van der Waals surface area contributed by atoms with Crippen molar-refractivity contribution < 1.29 is 19.4 Å². The predicted octanol–water partition coefficient (Wildman–Crippen LogP) is 3.78. The molecule has 1 N–H and O–H groups in total. The van der Waals surface area contributed by atoms with Gasteiger partial charge in [0.25, 0.3) is 0 Å². The minimum Gasteiger partial charge on any atom is -0.493 e. The summed E-state index contributed by atoms with van der Waals surface area (Å²) in [5, 5.41) is 9.24.